The quantitative estimate of drug-likeness (QED) is 0.568. The summed E-state index contributed by atoms with van der Waals surface area (Å²) in [5, 5.41) is 13.0. The summed E-state index contributed by atoms with van der Waals surface area (Å²) in [6.45, 7) is 3.36. The van der Waals surface area contributed by atoms with Crippen LogP contribution in [0.4, 0.5) is 5.69 Å². The minimum Gasteiger partial charge on any atom is -0.464 e. The molecule has 3 rings (SSSR count). The minimum absolute atomic E-state index is 0.137. The van der Waals surface area contributed by atoms with E-state index in [0.717, 1.165) is 42.3 Å². The highest BCUT2D eigenvalue weighted by Crippen LogP contribution is 2.29. The molecule has 0 saturated carbocycles. The summed E-state index contributed by atoms with van der Waals surface area (Å²) < 4.78 is 4.86. The first-order chi connectivity index (χ1) is 13.0. The number of aliphatic hydroxyl groups is 1. The van der Waals surface area contributed by atoms with Gasteiger partial charge >= 0.3 is 5.97 Å². The van der Waals surface area contributed by atoms with Crippen LogP contribution in [0.1, 0.15) is 41.7 Å². The van der Waals surface area contributed by atoms with Gasteiger partial charge in [-0.2, -0.15) is 0 Å². The van der Waals surface area contributed by atoms with Crippen LogP contribution in [0.15, 0.2) is 18.2 Å². The number of piperidine rings is 1. The largest absolute Gasteiger partial charge is 0.464 e. The van der Waals surface area contributed by atoms with Gasteiger partial charge in [-0.25, -0.2) is 4.79 Å². The van der Waals surface area contributed by atoms with Crippen LogP contribution < -0.4 is 10.2 Å². The summed E-state index contributed by atoms with van der Waals surface area (Å²) in [7, 11) is 1.32. The van der Waals surface area contributed by atoms with Gasteiger partial charge in [-0.05, 0) is 38.3 Å². The Morgan fingerprint density at radius 2 is 2.19 bits per heavy atom. The number of H-pyrrole nitrogens is 1. The number of hydrogen-bond acceptors (Lipinski definition) is 4. The van der Waals surface area contributed by atoms with Crippen molar-refractivity contribution >= 4 is 28.5 Å². The number of aryl methyl sites for hydroxylation is 1. The van der Waals surface area contributed by atoms with E-state index in [-0.39, 0.29) is 18.2 Å². The Hall–Kier alpha value is -2.38. The van der Waals surface area contributed by atoms with E-state index in [1.54, 1.807) is 0 Å². The molecule has 1 fully saturated rings. The number of aromatic nitrogens is 1. The molecule has 1 aromatic carbocycles. The lowest BCUT2D eigenvalue weighted by molar-refractivity contribution is -0.923. The van der Waals surface area contributed by atoms with E-state index in [1.165, 1.54) is 12.0 Å². The van der Waals surface area contributed by atoms with E-state index in [9.17, 15) is 14.7 Å². The van der Waals surface area contributed by atoms with Gasteiger partial charge in [0.1, 0.15) is 5.69 Å². The van der Waals surface area contributed by atoms with Gasteiger partial charge in [-0.15, -0.1) is 0 Å². The highest BCUT2D eigenvalue weighted by Gasteiger charge is 2.28. The third-order valence-electron chi connectivity index (χ3n) is 5.35. The maximum Gasteiger partial charge on any atom is 0.356 e. The number of nitrogens with one attached hydrogen (secondary N) is 3. The van der Waals surface area contributed by atoms with Crippen LogP contribution in [0, 0.1) is 6.92 Å². The maximum absolute atomic E-state index is 12.8. The average molecular weight is 374 g/mol. The number of esters is 1. The number of ether oxygens (including phenoxy) is 1. The van der Waals surface area contributed by atoms with Crippen molar-refractivity contribution in [2.24, 2.45) is 0 Å². The monoisotopic (exact) mass is 374 g/mol. The van der Waals surface area contributed by atoms with Crippen LogP contribution >= 0.6 is 0 Å². The van der Waals surface area contributed by atoms with Crippen LogP contribution in [0.3, 0.4) is 0 Å². The zero-order valence-corrected chi connectivity index (χ0v) is 15.9. The van der Waals surface area contributed by atoms with Gasteiger partial charge in [0.15, 0.2) is 6.54 Å². The third-order valence-corrected chi connectivity index (χ3v) is 5.35. The lowest BCUT2D eigenvalue weighted by Gasteiger charge is -2.31. The SMILES string of the molecule is COC(=O)c1[nH]c2ccc(C)cc2c1NC(=O)C[NH+]1CCCC[C@@H]1CCO. The van der Waals surface area contributed by atoms with Crippen LogP contribution in [0.2, 0.25) is 0 Å². The predicted octanol–water partition coefficient (Wildman–Crippen LogP) is 1.02. The smallest absolute Gasteiger partial charge is 0.356 e. The molecule has 1 aliphatic rings. The number of aliphatic hydroxyl groups excluding tert-OH is 1. The molecule has 1 aliphatic heterocycles. The van der Waals surface area contributed by atoms with Gasteiger partial charge in [-0.1, -0.05) is 11.6 Å². The second kappa shape index (κ2) is 8.54. The van der Waals surface area contributed by atoms with Crippen molar-refractivity contribution in [1.29, 1.82) is 0 Å². The molecule has 7 heteroatoms. The standard InChI is InChI=1S/C20H27N3O4/c1-13-6-7-16-15(11-13)18(19(21-16)20(26)27-2)22-17(25)12-23-9-4-3-5-14(23)8-10-24/h6-7,11,14,21,24H,3-5,8-10,12H2,1-2H3,(H,22,25)/p+1/t14-/m1/s1. The fourth-order valence-corrected chi connectivity index (χ4v) is 3.97. The second-order valence-corrected chi connectivity index (χ2v) is 7.25. The molecule has 1 amide bonds. The van der Waals surface area contributed by atoms with Crippen molar-refractivity contribution in [3.05, 3.63) is 29.5 Å². The van der Waals surface area contributed by atoms with E-state index in [2.05, 4.69) is 10.3 Å². The molecule has 0 radical (unpaired) electrons. The van der Waals surface area contributed by atoms with Crippen molar-refractivity contribution in [1.82, 2.24) is 4.98 Å². The van der Waals surface area contributed by atoms with Crippen molar-refractivity contribution in [2.75, 3.05) is 32.1 Å². The molecular weight excluding hydrogens is 346 g/mol. The normalized spacial score (nSPS) is 19.8. The highest BCUT2D eigenvalue weighted by molar-refractivity contribution is 6.11. The Kier molecular flexibility index (Phi) is 6.13. The number of benzene rings is 1. The zero-order valence-electron chi connectivity index (χ0n) is 15.9. The lowest BCUT2D eigenvalue weighted by Crippen LogP contribution is -3.17. The third kappa shape index (κ3) is 4.31. The Morgan fingerprint density at radius 3 is 2.93 bits per heavy atom. The number of quaternary nitrogens is 1. The van der Waals surface area contributed by atoms with Gasteiger partial charge in [-0.3, -0.25) is 4.79 Å². The van der Waals surface area contributed by atoms with E-state index in [0.29, 0.717) is 24.7 Å². The van der Waals surface area contributed by atoms with Crippen molar-refractivity contribution in [3.63, 3.8) is 0 Å². The summed E-state index contributed by atoms with van der Waals surface area (Å²) >= 11 is 0. The molecule has 1 unspecified atom stereocenters. The summed E-state index contributed by atoms with van der Waals surface area (Å²) in [4.78, 5) is 29.2. The van der Waals surface area contributed by atoms with E-state index >= 15 is 0 Å². The molecule has 0 aliphatic carbocycles. The van der Waals surface area contributed by atoms with E-state index in [1.807, 2.05) is 25.1 Å². The number of fused-ring (bicyclic) bond motifs is 1. The molecule has 0 spiro atoms. The van der Waals surface area contributed by atoms with Crippen LogP contribution in [0.5, 0.6) is 0 Å². The Labute approximate surface area is 158 Å². The number of hydrogen-bond donors (Lipinski definition) is 4. The number of carbonyl (C=O) groups excluding carboxylic acids is 2. The van der Waals surface area contributed by atoms with E-state index < -0.39 is 5.97 Å². The summed E-state index contributed by atoms with van der Waals surface area (Å²) in [6, 6.07) is 6.08. The second-order valence-electron chi connectivity index (χ2n) is 7.25. The predicted molar refractivity (Wildman–Crippen MR) is 103 cm³/mol. The van der Waals surface area contributed by atoms with Crippen LogP contribution in [-0.2, 0) is 9.53 Å². The Bertz CT molecular complexity index is 828. The number of likely N-dealkylation sites (tertiary alicyclic amines) is 1. The lowest BCUT2D eigenvalue weighted by atomic mass is 9.99. The van der Waals surface area contributed by atoms with Crippen molar-refractivity contribution in [3.8, 4) is 0 Å². The number of methoxy groups -OCH3 is 1. The number of anilines is 1. The molecule has 1 saturated heterocycles. The maximum atomic E-state index is 12.8. The summed E-state index contributed by atoms with van der Waals surface area (Å²) in [5.41, 5.74) is 2.55. The van der Waals surface area contributed by atoms with Crippen molar-refractivity contribution < 1.29 is 24.3 Å². The number of aromatic amines is 1. The van der Waals surface area contributed by atoms with Gasteiger partial charge < -0.3 is 25.0 Å². The molecule has 0 bridgehead atoms. The molecule has 7 nitrogen and oxygen atoms in total. The van der Waals surface area contributed by atoms with Crippen molar-refractivity contribution in [2.45, 2.75) is 38.6 Å². The molecule has 146 valence electrons. The van der Waals surface area contributed by atoms with E-state index in [4.69, 9.17) is 4.74 Å². The zero-order chi connectivity index (χ0) is 19.4. The first-order valence-electron chi connectivity index (χ1n) is 9.49. The van der Waals surface area contributed by atoms with Gasteiger partial charge in [0.05, 0.1) is 25.4 Å². The number of amides is 1. The number of carbonyl (C=O) groups is 2. The van der Waals surface area contributed by atoms with Gasteiger partial charge in [0, 0.05) is 23.9 Å². The molecule has 2 heterocycles. The fraction of sp³-hybridized carbons (Fsp3) is 0.500. The minimum atomic E-state index is -0.511. The number of rotatable bonds is 6. The molecular formula is C20H28N3O4+. The van der Waals surface area contributed by atoms with Crippen LogP contribution in [0.25, 0.3) is 10.9 Å². The molecule has 2 aromatic rings. The Balaban J connectivity index is 1.83. The summed E-state index contributed by atoms with van der Waals surface area (Å²) in [6.07, 6.45) is 3.97. The molecule has 1 aromatic heterocycles. The first-order valence-corrected chi connectivity index (χ1v) is 9.49. The summed E-state index contributed by atoms with van der Waals surface area (Å²) in [5.74, 6) is -0.648. The van der Waals surface area contributed by atoms with Gasteiger partial charge in [0.2, 0.25) is 0 Å². The van der Waals surface area contributed by atoms with Crippen LogP contribution in [-0.4, -0.2) is 54.8 Å². The highest BCUT2D eigenvalue weighted by atomic mass is 16.5. The fourth-order valence-electron chi connectivity index (χ4n) is 3.97. The molecule has 4 N–H and O–H groups in total. The molecule has 2 atom stereocenters. The Morgan fingerprint density at radius 1 is 1.37 bits per heavy atom. The van der Waals surface area contributed by atoms with Gasteiger partial charge in [0.25, 0.3) is 5.91 Å². The first kappa shape index (κ1) is 19.4. The topological polar surface area (TPSA) is 95.9 Å². The molecule has 27 heavy (non-hydrogen) atoms. The average Bonchev–Trinajstić information content (AvgIpc) is 3.00.